The molecule has 1 N–H and O–H groups in total. The van der Waals surface area contributed by atoms with Gasteiger partial charge >= 0.3 is 24.0 Å². The number of halogens is 5. The van der Waals surface area contributed by atoms with E-state index < -0.39 is 42.0 Å². The normalized spacial score (nSPS) is 23.6. The van der Waals surface area contributed by atoms with Crippen LogP contribution < -0.4 is 0 Å². The molecule has 0 aromatic rings. The van der Waals surface area contributed by atoms with Gasteiger partial charge in [0.1, 0.15) is 6.04 Å². The first-order valence-electron chi connectivity index (χ1n) is 5.81. The summed E-state index contributed by atoms with van der Waals surface area (Å²) in [4.78, 5) is 22.7. The van der Waals surface area contributed by atoms with E-state index in [9.17, 15) is 31.5 Å². The molecule has 0 radical (unpaired) electrons. The topological polar surface area (TPSA) is 57.6 Å². The van der Waals surface area contributed by atoms with Crippen molar-refractivity contribution in [2.75, 3.05) is 6.54 Å². The summed E-state index contributed by atoms with van der Waals surface area (Å²) in [5, 5.41) is 9.04. The van der Waals surface area contributed by atoms with Crippen LogP contribution in [0.2, 0.25) is 0 Å². The first kappa shape index (κ1) is 16.6. The Kier molecular flexibility index (Phi) is 4.04. The van der Waals surface area contributed by atoms with Gasteiger partial charge in [-0.05, 0) is 18.3 Å². The Morgan fingerprint density at radius 1 is 1.20 bits per heavy atom. The van der Waals surface area contributed by atoms with Crippen molar-refractivity contribution in [1.82, 2.24) is 4.90 Å². The molecule has 0 spiro atoms. The monoisotopic (exact) mass is 303 g/mol. The van der Waals surface area contributed by atoms with Crippen molar-refractivity contribution in [1.29, 1.82) is 0 Å². The van der Waals surface area contributed by atoms with E-state index in [1.54, 1.807) is 0 Å². The van der Waals surface area contributed by atoms with Gasteiger partial charge in [0.15, 0.2) is 0 Å². The summed E-state index contributed by atoms with van der Waals surface area (Å²) in [5.41, 5.74) is -1.08. The Hall–Kier alpha value is -1.41. The zero-order chi connectivity index (χ0) is 15.9. The van der Waals surface area contributed by atoms with Crippen LogP contribution in [0.3, 0.4) is 0 Å². The number of hydrogen-bond donors (Lipinski definition) is 1. The van der Waals surface area contributed by atoms with Gasteiger partial charge in [-0.1, -0.05) is 13.8 Å². The maximum absolute atomic E-state index is 13.1. The summed E-state index contributed by atoms with van der Waals surface area (Å²) in [6.45, 7) is 2.39. The second kappa shape index (κ2) is 4.85. The lowest BCUT2D eigenvalue weighted by atomic mass is 9.76. The van der Waals surface area contributed by atoms with Crippen LogP contribution in [0.15, 0.2) is 0 Å². The molecule has 116 valence electrons. The summed E-state index contributed by atoms with van der Waals surface area (Å²) < 4.78 is 62.8. The van der Waals surface area contributed by atoms with Gasteiger partial charge in [-0.15, -0.1) is 0 Å². The van der Waals surface area contributed by atoms with E-state index in [1.807, 2.05) is 0 Å². The molecule has 1 aliphatic heterocycles. The number of rotatable bonds is 2. The predicted octanol–water partition coefficient (Wildman–Crippen LogP) is 2.29. The Morgan fingerprint density at radius 3 is 2.10 bits per heavy atom. The second-order valence-corrected chi connectivity index (χ2v) is 5.40. The molecular formula is C11H14F5NO3. The van der Waals surface area contributed by atoms with E-state index in [4.69, 9.17) is 5.11 Å². The van der Waals surface area contributed by atoms with Crippen molar-refractivity contribution in [3.8, 4) is 0 Å². The number of amides is 1. The molecule has 1 unspecified atom stereocenters. The fourth-order valence-electron chi connectivity index (χ4n) is 2.38. The molecule has 1 atom stereocenters. The number of nitrogens with zero attached hydrogens (tertiary/aromatic N) is 1. The lowest BCUT2D eigenvalue weighted by molar-refractivity contribution is -0.276. The van der Waals surface area contributed by atoms with Gasteiger partial charge in [-0.3, -0.25) is 4.79 Å². The van der Waals surface area contributed by atoms with E-state index in [0.717, 1.165) is 0 Å². The van der Waals surface area contributed by atoms with Crippen LogP contribution in [0, 0.1) is 5.41 Å². The molecule has 1 fully saturated rings. The number of carbonyl (C=O) groups excluding carboxylic acids is 1. The SMILES string of the molecule is CC1(C)CCCN(C(=O)C(F)(F)C(F)(F)F)C1C(=O)O. The second-order valence-electron chi connectivity index (χ2n) is 5.40. The molecule has 1 heterocycles. The molecule has 0 aromatic heterocycles. The summed E-state index contributed by atoms with van der Waals surface area (Å²) in [6.07, 6.45) is -5.57. The third-order valence-electron chi connectivity index (χ3n) is 3.39. The third kappa shape index (κ3) is 2.71. The summed E-state index contributed by atoms with van der Waals surface area (Å²) in [7, 11) is 0. The van der Waals surface area contributed by atoms with Crippen molar-refractivity contribution in [2.24, 2.45) is 5.41 Å². The number of likely N-dealkylation sites (tertiary alicyclic amines) is 1. The predicted molar refractivity (Wildman–Crippen MR) is 57.2 cm³/mol. The molecule has 1 amide bonds. The molecule has 20 heavy (non-hydrogen) atoms. The van der Waals surface area contributed by atoms with Crippen LogP contribution in [0.4, 0.5) is 22.0 Å². The highest BCUT2D eigenvalue weighted by Gasteiger charge is 2.66. The van der Waals surface area contributed by atoms with Crippen LogP contribution in [0.1, 0.15) is 26.7 Å². The largest absolute Gasteiger partial charge is 0.480 e. The van der Waals surface area contributed by atoms with E-state index in [0.29, 0.717) is 6.42 Å². The highest BCUT2D eigenvalue weighted by molar-refractivity contribution is 5.89. The van der Waals surface area contributed by atoms with Crippen molar-refractivity contribution in [3.63, 3.8) is 0 Å². The minimum absolute atomic E-state index is 0.124. The van der Waals surface area contributed by atoms with Gasteiger partial charge < -0.3 is 10.0 Å². The Morgan fingerprint density at radius 2 is 1.70 bits per heavy atom. The minimum atomic E-state index is -6.05. The fourth-order valence-corrected chi connectivity index (χ4v) is 2.38. The molecule has 0 aliphatic carbocycles. The van der Waals surface area contributed by atoms with Crippen LogP contribution in [-0.4, -0.2) is 46.6 Å². The lowest BCUT2D eigenvalue weighted by Gasteiger charge is -2.44. The van der Waals surface area contributed by atoms with Crippen molar-refractivity contribution >= 4 is 11.9 Å². The summed E-state index contributed by atoms with van der Waals surface area (Å²) >= 11 is 0. The number of alkyl halides is 5. The van der Waals surface area contributed by atoms with Crippen LogP contribution in [-0.2, 0) is 9.59 Å². The van der Waals surface area contributed by atoms with Gasteiger partial charge in [0.25, 0.3) is 0 Å². The summed E-state index contributed by atoms with van der Waals surface area (Å²) in [5.74, 6) is -9.69. The average molecular weight is 303 g/mol. The van der Waals surface area contributed by atoms with Gasteiger partial charge in [-0.2, -0.15) is 22.0 Å². The molecule has 0 bridgehead atoms. The molecular weight excluding hydrogens is 289 g/mol. The Bertz CT molecular complexity index is 419. The molecule has 1 saturated heterocycles. The highest BCUT2D eigenvalue weighted by atomic mass is 19.4. The molecule has 0 aromatic carbocycles. The number of carboxylic acid groups (broad SMARTS) is 1. The van der Waals surface area contributed by atoms with Crippen LogP contribution in [0.25, 0.3) is 0 Å². The number of hydrogen-bond acceptors (Lipinski definition) is 2. The molecule has 9 heteroatoms. The smallest absolute Gasteiger partial charge is 0.463 e. The molecule has 1 rings (SSSR count). The maximum Gasteiger partial charge on any atom is 0.463 e. The van der Waals surface area contributed by atoms with Gasteiger partial charge in [0.2, 0.25) is 0 Å². The van der Waals surface area contributed by atoms with Crippen molar-refractivity contribution in [2.45, 2.75) is 44.8 Å². The van der Waals surface area contributed by atoms with Crippen molar-refractivity contribution in [3.05, 3.63) is 0 Å². The molecule has 0 saturated carbocycles. The minimum Gasteiger partial charge on any atom is -0.480 e. The Labute approximate surface area is 111 Å². The van der Waals surface area contributed by atoms with E-state index in [-0.39, 0.29) is 11.3 Å². The first-order chi connectivity index (χ1) is 8.82. The third-order valence-corrected chi connectivity index (χ3v) is 3.39. The first-order valence-corrected chi connectivity index (χ1v) is 5.81. The van der Waals surface area contributed by atoms with Gasteiger partial charge in [0, 0.05) is 6.54 Å². The van der Waals surface area contributed by atoms with E-state index in [1.165, 1.54) is 13.8 Å². The number of carbonyl (C=O) groups is 2. The van der Waals surface area contributed by atoms with Gasteiger partial charge in [0.05, 0.1) is 0 Å². The van der Waals surface area contributed by atoms with Crippen LogP contribution >= 0.6 is 0 Å². The zero-order valence-corrected chi connectivity index (χ0v) is 10.8. The summed E-state index contributed by atoms with van der Waals surface area (Å²) in [6, 6.07) is -1.71. The number of piperidine rings is 1. The zero-order valence-electron chi connectivity index (χ0n) is 10.8. The van der Waals surface area contributed by atoms with Crippen molar-refractivity contribution < 1.29 is 36.6 Å². The highest BCUT2D eigenvalue weighted by Crippen LogP contribution is 2.41. The number of carboxylic acids is 1. The Balaban J connectivity index is 3.16. The number of aliphatic carboxylic acids is 1. The van der Waals surface area contributed by atoms with E-state index in [2.05, 4.69) is 0 Å². The van der Waals surface area contributed by atoms with E-state index >= 15 is 0 Å². The fraction of sp³-hybridized carbons (Fsp3) is 0.818. The molecule has 4 nitrogen and oxygen atoms in total. The quantitative estimate of drug-likeness (QED) is 0.796. The molecule has 1 aliphatic rings. The van der Waals surface area contributed by atoms with Crippen LogP contribution in [0.5, 0.6) is 0 Å². The lowest BCUT2D eigenvalue weighted by Crippen LogP contribution is -2.62. The van der Waals surface area contributed by atoms with Gasteiger partial charge in [-0.25, -0.2) is 4.79 Å². The standard InChI is InChI=1S/C11H14F5NO3/c1-9(2)4-3-5-17(6(9)7(18)19)8(20)10(12,13)11(14,15)16/h6H,3-5H2,1-2H3,(H,18,19). The average Bonchev–Trinajstić information content (AvgIpc) is 2.23. The maximum atomic E-state index is 13.1.